The van der Waals surface area contributed by atoms with E-state index < -0.39 is 5.82 Å². The molecule has 1 N–H and O–H groups in total. The number of hydrogen-bond acceptors (Lipinski definition) is 3. The predicted octanol–water partition coefficient (Wildman–Crippen LogP) is 4.21. The van der Waals surface area contributed by atoms with Crippen molar-refractivity contribution in [3.05, 3.63) is 52.3 Å². The first kappa shape index (κ1) is 13.4. The Morgan fingerprint density at radius 3 is 2.58 bits per heavy atom. The van der Waals surface area contributed by atoms with Crippen LogP contribution in [0.25, 0.3) is 0 Å². The predicted molar refractivity (Wildman–Crippen MR) is 75.1 cm³/mol. The van der Waals surface area contributed by atoms with Gasteiger partial charge in [0.05, 0.1) is 18.7 Å². The molecule has 0 aliphatic rings. The van der Waals surface area contributed by atoms with Crippen LogP contribution in [0.3, 0.4) is 0 Å². The van der Waals surface area contributed by atoms with Crippen LogP contribution in [0.1, 0.15) is 5.56 Å². The van der Waals surface area contributed by atoms with Gasteiger partial charge in [-0.3, -0.25) is 0 Å². The molecule has 5 heteroatoms. The molecule has 0 spiro atoms. The number of hydrogen-bond donors (Lipinski definition) is 1. The summed E-state index contributed by atoms with van der Waals surface area (Å²) in [6.07, 6.45) is 0. The van der Waals surface area contributed by atoms with Crippen LogP contribution >= 0.6 is 15.9 Å². The van der Waals surface area contributed by atoms with Gasteiger partial charge in [-0.05, 0) is 30.3 Å². The van der Waals surface area contributed by atoms with Crippen molar-refractivity contribution in [2.75, 3.05) is 12.4 Å². The highest BCUT2D eigenvalue weighted by Gasteiger charge is 2.03. The van der Waals surface area contributed by atoms with Crippen LogP contribution in [0.5, 0.6) is 5.75 Å². The number of nitriles is 1. The molecule has 0 aliphatic carbocycles. The maximum atomic E-state index is 13.3. The Hall–Kier alpha value is -2.06. The second-order valence-corrected chi connectivity index (χ2v) is 4.76. The number of nitrogens with zero attached hydrogens (tertiary/aromatic N) is 1. The second-order valence-electron chi connectivity index (χ2n) is 3.85. The monoisotopic (exact) mass is 320 g/mol. The quantitative estimate of drug-likeness (QED) is 0.921. The fourth-order valence-electron chi connectivity index (χ4n) is 1.65. The van der Waals surface area contributed by atoms with E-state index in [0.29, 0.717) is 11.4 Å². The summed E-state index contributed by atoms with van der Waals surface area (Å²) < 4.78 is 19.3. The lowest BCUT2D eigenvalue weighted by Gasteiger charge is -2.09. The van der Waals surface area contributed by atoms with Crippen LogP contribution < -0.4 is 10.1 Å². The summed E-state index contributed by atoms with van der Waals surface area (Å²) in [4.78, 5) is 0. The van der Waals surface area contributed by atoms with Crippen LogP contribution in [0.15, 0.2) is 40.9 Å². The third-order valence-electron chi connectivity index (χ3n) is 2.42. The fourth-order valence-corrected chi connectivity index (χ4v) is 2.12. The van der Waals surface area contributed by atoms with Crippen LogP contribution in [-0.2, 0) is 0 Å². The van der Waals surface area contributed by atoms with E-state index in [-0.39, 0.29) is 5.56 Å². The van der Waals surface area contributed by atoms with Gasteiger partial charge in [0.1, 0.15) is 11.6 Å². The molecule has 0 saturated heterocycles. The molecule has 2 rings (SSSR count). The highest BCUT2D eigenvalue weighted by molar-refractivity contribution is 9.10. The summed E-state index contributed by atoms with van der Waals surface area (Å²) in [5.74, 6) is 0.220. The van der Waals surface area contributed by atoms with Crippen LogP contribution in [0, 0.1) is 17.1 Å². The zero-order valence-electron chi connectivity index (χ0n) is 10.1. The van der Waals surface area contributed by atoms with E-state index >= 15 is 0 Å². The van der Waals surface area contributed by atoms with Crippen molar-refractivity contribution in [3.63, 3.8) is 0 Å². The van der Waals surface area contributed by atoms with Crippen molar-refractivity contribution in [2.24, 2.45) is 0 Å². The van der Waals surface area contributed by atoms with Gasteiger partial charge in [0.2, 0.25) is 0 Å². The van der Waals surface area contributed by atoms with E-state index in [1.165, 1.54) is 12.1 Å². The molecule has 0 amide bonds. The number of halogens is 2. The molecule has 19 heavy (non-hydrogen) atoms. The lowest BCUT2D eigenvalue weighted by Crippen LogP contribution is -1.93. The fraction of sp³-hybridized carbons (Fsp3) is 0.0714. The number of methoxy groups -OCH3 is 1. The van der Waals surface area contributed by atoms with Crippen molar-refractivity contribution in [3.8, 4) is 11.8 Å². The minimum Gasteiger partial charge on any atom is -0.497 e. The highest BCUT2D eigenvalue weighted by atomic mass is 79.9. The molecule has 0 aromatic heterocycles. The lowest BCUT2D eigenvalue weighted by molar-refractivity contribution is 0.415. The molecule has 0 saturated carbocycles. The van der Waals surface area contributed by atoms with Gasteiger partial charge >= 0.3 is 0 Å². The SMILES string of the molecule is COc1cc(Br)cc(Nc2cc(F)cc(C#N)c2)c1. The molecule has 2 aromatic rings. The summed E-state index contributed by atoms with van der Waals surface area (Å²) in [6.45, 7) is 0. The molecule has 0 heterocycles. The molecule has 3 nitrogen and oxygen atoms in total. The standard InChI is InChI=1S/C14H10BrFN2O/c1-19-14-5-10(15)4-13(7-14)18-12-3-9(8-17)2-11(16)6-12/h2-7,18H,1H3. The van der Waals surface area contributed by atoms with E-state index in [1.807, 2.05) is 18.2 Å². The van der Waals surface area contributed by atoms with Gasteiger partial charge in [-0.15, -0.1) is 0 Å². The molecule has 0 fully saturated rings. The third-order valence-corrected chi connectivity index (χ3v) is 2.88. The molecular weight excluding hydrogens is 311 g/mol. The minimum atomic E-state index is -0.455. The smallest absolute Gasteiger partial charge is 0.126 e. The van der Waals surface area contributed by atoms with E-state index in [0.717, 1.165) is 10.2 Å². The van der Waals surface area contributed by atoms with Crippen LogP contribution in [0.2, 0.25) is 0 Å². The van der Waals surface area contributed by atoms with Gasteiger partial charge in [-0.2, -0.15) is 5.26 Å². The first-order valence-electron chi connectivity index (χ1n) is 5.43. The third kappa shape index (κ3) is 3.46. The Morgan fingerprint density at radius 1 is 1.16 bits per heavy atom. The Morgan fingerprint density at radius 2 is 1.89 bits per heavy atom. The largest absolute Gasteiger partial charge is 0.497 e. The Bertz CT molecular complexity index is 652. The van der Waals surface area contributed by atoms with Crippen molar-refractivity contribution in [1.29, 1.82) is 5.26 Å². The molecule has 0 radical (unpaired) electrons. The molecular formula is C14H10BrFN2O. The first-order valence-corrected chi connectivity index (χ1v) is 6.22. The van der Waals surface area contributed by atoms with Gasteiger partial charge in [-0.1, -0.05) is 15.9 Å². The molecule has 0 unspecified atom stereocenters. The van der Waals surface area contributed by atoms with Crippen molar-refractivity contribution < 1.29 is 9.13 Å². The van der Waals surface area contributed by atoms with Crippen molar-refractivity contribution >= 4 is 27.3 Å². The molecule has 0 atom stereocenters. The maximum Gasteiger partial charge on any atom is 0.126 e. The average molecular weight is 321 g/mol. The van der Waals surface area contributed by atoms with Crippen molar-refractivity contribution in [1.82, 2.24) is 0 Å². The van der Waals surface area contributed by atoms with Gasteiger partial charge < -0.3 is 10.1 Å². The second kappa shape index (κ2) is 5.72. The van der Waals surface area contributed by atoms with Crippen LogP contribution in [0.4, 0.5) is 15.8 Å². The lowest BCUT2D eigenvalue weighted by atomic mass is 10.2. The molecule has 0 aliphatic heterocycles. The van der Waals surface area contributed by atoms with E-state index in [9.17, 15) is 4.39 Å². The molecule has 2 aromatic carbocycles. The zero-order chi connectivity index (χ0) is 13.8. The maximum absolute atomic E-state index is 13.3. The Kier molecular flexibility index (Phi) is 4.03. The van der Waals surface area contributed by atoms with Gasteiger partial charge in [0.25, 0.3) is 0 Å². The summed E-state index contributed by atoms with van der Waals surface area (Å²) in [6, 6.07) is 11.4. The van der Waals surface area contributed by atoms with E-state index in [2.05, 4.69) is 21.2 Å². The van der Waals surface area contributed by atoms with Crippen LogP contribution in [-0.4, -0.2) is 7.11 Å². The first-order chi connectivity index (χ1) is 9.10. The van der Waals surface area contributed by atoms with Gasteiger partial charge in [0.15, 0.2) is 0 Å². The Balaban J connectivity index is 2.33. The summed E-state index contributed by atoms with van der Waals surface area (Å²) in [5.41, 5.74) is 1.52. The van der Waals surface area contributed by atoms with E-state index in [1.54, 1.807) is 19.2 Å². The topological polar surface area (TPSA) is 45.0 Å². The minimum absolute atomic E-state index is 0.268. The van der Waals surface area contributed by atoms with E-state index in [4.69, 9.17) is 10.00 Å². The summed E-state index contributed by atoms with van der Waals surface area (Å²) in [5, 5.41) is 11.8. The number of anilines is 2. The molecule has 96 valence electrons. The normalized spacial score (nSPS) is 9.79. The molecule has 0 bridgehead atoms. The number of nitrogens with one attached hydrogen (secondary N) is 1. The number of rotatable bonds is 3. The highest BCUT2D eigenvalue weighted by Crippen LogP contribution is 2.27. The van der Waals surface area contributed by atoms with Gasteiger partial charge in [0, 0.05) is 21.9 Å². The number of ether oxygens (including phenoxy) is 1. The number of benzene rings is 2. The average Bonchev–Trinajstić information content (AvgIpc) is 2.37. The van der Waals surface area contributed by atoms with Crippen molar-refractivity contribution in [2.45, 2.75) is 0 Å². The summed E-state index contributed by atoms with van der Waals surface area (Å²) in [7, 11) is 1.57. The zero-order valence-corrected chi connectivity index (χ0v) is 11.7. The van der Waals surface area contributed by atoms with Gasteiger partial charge in [-0.25, -0.2) is 4.39 Å². The summed E-state index contributed by atoms with van der Waals surface area (Å²) >= 11 is 3.36. The Labute approximate surface area is 118 Å².